The average Bonchev–Trinajstić information content (AvgIpc) is 2.62. The smallest absolute Gasteiger partial charge is 0.416 e. The number of anilines is 2. The number of carbonyl (C=O) groups is 1. The summed E-state index contributed by atoms with van der Waals surface area (Å²) in [5.74, 6) is -0.555. The highest BCUT2D eigenvalue weighted by molar-refractivity contribution is 6.05. The number of benzene rings is 2. The fourth-order valence-corrected chi connectivity index (χ4v) is 2.53. The van der Waals surface area contributed by atoms with Crippen LogP contribution in [0.2, 0.25) is 0 Å². The van der Waals surface area contributed by atoms with Crippen molar-refractivity contribution >= 4 is 40.7 Å². The summed E-state index contributed by atoms with van der Waals surface area (Å²) < 4.78 is 43.2. The molecule has 8 heteroatoms. The summed E-state index contributed by atoms with van der Waals surface area (Å²) in [6.45, 7) is 1.89. The molecule has 0 bridgehead atoms. The van der Waals surface area contributed by atoms with Gasteiger partial charge in [0, 0.05) is 17.3 Å². The molecule has 0 radical (unpaired) electrons. The van der Waals surface area contributed by atoms with Gasteiger partial charge in [-0.1, -0.05) is 18.2 Å². The van der Waals surface area contributed by atoms with Crippen molar-refractivity contribution in [3.63, 3.8) is 0 Å². The number of nitrogens with zero attached hydrogens (tertiary/aromatic N) is 1. The summed E-state index contributed by atoms with van der Waals surface area (Å²) in [4.78, 5) is 16.5. The SMILES string of the molecule is CCOC(=O)c1cnc2ccccc2c1Nc1ccc(C(F)(F)F)cc1.Cl. The van der Waals surface area contributed by atoms with Gasteiger partial charge in [0.2, 0.25) is 0 Å². The molecule has 0 aliphatic rings. The number of para-hydroxylation sites is 1. The van der Waals surface area contributed by atoms with Gasteiger partial charge in [-0.2, -0.15) is 13.2 Å². The van der Waals surface area contributed by atoms with Crippen molar-refractivity contribution in [3.05, 3.63) is 65.9 Å². The van der Waals surface area contributed by atoms with Crippen molar-refractivity contribution in [1.82, 2.24) is 4.98 Å². The molecule has 0 fully saturated rings. The minimum Gasteiger partial charge on any atom is -0.462 e. The van der Waals surface area contributed by atoms with Crippen LogP contribution in [0.15, 0.2) is 54.7 Å². The van der Waals surface area contributed by atoms with Gasteiger partial charge in [0.05, 0.1) is 23.4 Å². The van der Waals surface area contributed by atoms with E-state index in [2.05, 4.69) is 10.3 Å². The first-order chi connectivity index (χ1) is 12.4. The van der Waals surface area contributed by atoms with Gasteiger partial charge < -0.3 is 10.1 Å². The Labute approximate surface area is 159 Å². The summed E-state index contributed by atoms with van der Waals surface area (Å²) in [5.41, 5.74) is 0.974. The number of nitrogens with one attached hydrogen (secondary N) is 1. The van der Waals surface area contributed by atoms with Crippen LogP contribution in [0.4, 0.5) is 24.5 Å². The lowest BCUT2D eigenvalue weighted by atomic mass is 10.1. The van der Waals surface area contributed by atoms with E-state index >= 15 is 0 Å². The zero-order chi connectivity index (χ0) is 18.7. The van der Waals surface area contributed by atoms with Crippen LogP contribution in [0.3, 0.4) is 0 Å². The largest absolute Gasteiger partial charge is 0.462 e. The minimum atomic E-state index is -4.40. The van der Waals surface area contributed by atoms with E-state index in [0.717, 1.165) is 12.1 Å². The number of fused-ring (bicyclic) bond motifs is 1. The normalized spacial score (nSPS) is 11.0. The molecular weight excluding hydrogens is 381 g/mol. The first kappa shape index (κ1) is 20.5. The first-order valence-corrected chi connectivity index (χ1v) is 7.89. The molecule has 0 saturated carbocycles. The molecule has 142 valence electrons. The highest BCUT2D eigenvalue weighted by Crippen LogP contribution is 2.32. The number of pyridine rings is 1. The summed E-state index contributed by atoms with van der Waals surface area (Å²) in [5, 5.41) is 3.69. The second-order valence-electron chi connectivity index (χ2n) is 5.48. The number of esters is 1. The molecule has 1 N–H and O–H groups in total. The number of carbonyl (C=O) groups excluding carboxylic acids is 1. The van der Waals surface area contributed by atoms with Crippen LogP contribution in [-0.4, -0.2) is 17.6 Å². The number of alkyl halides is 3. The summed E-state index contributed by atoms with van der Waals surface area (Å²) in [7, 11) is 0. The molecule has 1 heterocycles. The lowest BCUT2D eigenvalue weighted by Crippen LogP contribution is -2.09. The van der Waals surface area contributed by atoms with Crippen molar-refractivity contribution in [2.24, 2.45) is 0 Å². The molecule has 3 aromatic rings. The van der Waals surface area contributed by atoms with Gasteiger partial charge >= 0.3 is 12.1 Å². The van der Waals surface area contributed by atoms with Crippen LogP contribution < -0.4 is 5.32 Å². The van der Waals surface area contributed by atoms with Gasteiger partial charge in [-0.15, -0.1) is 12.4 Å². The van der Waals surface area contributed by atoms with Crippen LogP contribution in [-0.2, 0) is 10.9 Å². The van der Waals surface area contributed by atoms with E-state index in [1.165, 1.54) is 18.3 Å². The van der Waals surface area contributed by atoms with Crippen LogP contribution in [0.1, 0.15) is 22.8 Å². The number of ether oxygens (including phenoxy) is 1. The Hall–Kier alpha value is -2.80. The number of rotatable bonds is 4. The molecule has 0 spiro atoms. The van der Waals surface area contributed by atoms with Crippen molar-refractivity contribution in [2.45, 2.75) is 13.1 Å². The van der Waals surface area contributed by atoms with Gasteiger partial charge in [0.15, 0.2) is 0 Å². The van der Waals surface area contributed by atoms with Crippen molar-refractivity contribution in [2.75, 3.05) is 11.9 Å². The first-order valence-electron chi connectivity index (χ1n) is 7.89. The van der Waals surface area contributed by atoms with Crippen molar-refractivity contribution in [1.29, 1.82) is 0 Å². The van der Waals surface area contributed by atoms with Crippen LogP contribution in [0, 0.1) is 0 Å². The molecule has 27 heavy (non-hydrogen) atoms. The number of halogens is 4. The van der Waals surface area contributed by atoms with Gasteiger partial charge in [0.25, 0.3) is 0 Å². The van der Waals surface area contributed by atoms with E-state index in [1.807, 2.05) is 0 Å². The summed E-state index contributed by atoms with van der Waals surface area (Å²) in [6.07, 6.45) is -3.01. The van der Waals surface area contributed by atoms with E-state index in [4.69, 9.17) is 4.74 Å². The van der Waals surface area contributed by atoms with Crippen LogP contribution >= 0.6 is 12.4 Å². The fraction of sp³-hybridized carbons (Fsp3) is 0.158. The topological polar surface area (TPSA) is 51.2 Å². The lowest BCUT2D eigenvalue weighted by molar-refractivity contribution is -0.137. The molecule has 3 rings (SSSR count). The van der Waals surface area contributed by atoms with Crippen LogP contribution in [0.25, 0.3) is 10.9 Å². The molecule has 0 unspecified atom stereocenters. The van der Waals surface area contributed by atoms with E-state index in [9.17, 15) is 18.0 Å². The predicted molar refractivity (Wildman–Crippen MR) is 99.7 cm³/mol. The lowest BCUT2D eigenvalue weighted by Gasteiger charge is -2.15. The third-order valence-electron chi connectivity index (χ3n) is 3.75. The molecule has 0 amide bonds. The van der Waals surface area contributed by atoms with Crippen molar-refractivity contribution < 1.29 is 22.7 Å². The van der Waals surface area contributed by atoms with Gasteiger partial charge in [-0.05, 0) is 37.3 Å². The molecule has 0 saturated heterocycles. The Morgan fingerprint density at radius 2 is 1.78 bits per heavy atom. The van der Waals surface area contributed by atoms with E-state index in [1.54, 1.807) is 31.2 Å². The standard InChI is InChI=1S/C19H15F3N2O2.ClH/c1-2-26-18(25)15-11-23-16-6-4-3-5-14(16)17(15)24-13-9-7-12(8-10-13)19(20,21)22;/h3-11H,2H2,1H3,(H,23,24);1H. The molecule has 0 atom stereocenters. The second-order valence-corrected chi connectivity index (χ2v) is 5.48. The van der Waals surface area contributed by atoms with Crippen LogP contribution in [0.5, 0.6) is 0 Å². The Bertz CT molecular complexity index is 944. The van der Waals surface area contributed by atoms with Gasteiger partial charge in [0.1, 0.15) is 5.56 Å². The zero-order valence-corrected chi connectivity index (χ0v) is 15.0. The average molecular weight is 397 g/mol. The maximum Gasteiger partial charge on any atom is 0.416 e. The highest BCUT2D eigenvalue weighted by atomic mass is 35.5. The second kappa shape index (κ2) is 8.26. The minimum absolute atomic E-state index is 0. The molecule has 4 nitrogen and oxygen atoms in total. The third kappa shape index (κ3) is 4.49. The predicted octanol–water partition coefficient (Wildman–Crippen LogP) is 5.60. The molecule has 1 aromatic heterocycles. The maximum absolute atomic E-state index is 12.7. The highest BCUT2D eigenvalue weighted by Gasteiger charge is 2.30. The fourth-order valence-electron chi connectivity index (χ4n) is 2.53. The van der Waals surface area contributed by atoms with Gasteiger partial charge in [-0.25, -0.2) is 4.79 Å². The number of hydrogen-bond donors (Lipinski definition) is 1. The summed E-state index contributed by atoms with van der Waals surface area (Å²) in [6, 6.07) is 11.7. The number of aromatic nitrogens is 1. The third-order valence-corrected chi connectivity index (χ3v) is 3.75. The number of hydrogen-bond acceptors (Lipinski definition) is 4. The quantitative estimate of drug-likeness (QED) is 0.583. The molecular formula is C19H16ClF3N2O2. The Balaban J connectivity index is 0.00000261. The van der Waals surface area contributed by atoms with Crippen molar-refractivity contribution in [3.8, 4) is 0 Å². The Kier molecular flexibility index (Phi) is 6.28. The molecule has 0 aliphatic carbocycles. The monoisotopic (exact) mass is 396 g/mol. The maximum atomic E-state index is 12.7. The zero-order valence-electron chi connectivity index (χ0n) is 14.2. The molecule has 2 aromatic carbocycles. The Morgan fingerprint density at radius 3 is 2.41 bits per heavy atom. The van der Waals surface area contributed by atoms with E-state index in [-0.39, 0.29) is 24.6 Å². The van der Waals surface area contributed by atoms with E-state index in [0.29, 0.717) is 22.3 Å². The van der Waals surface area contributed by atoms with E-state index < -0.39 is 17.7 Å². The van der Waals surface area contributed by atoms with Gasteiger partial charge in [-0.3, -0.25) is 4.98 Å². The summed E-state index contributed by atoms with van der Waals surface area (Å²) >= 11 is 0. The molecule has 0 aliphatic heterocycles. The Morgan fingerprint density at radius 1 is 1.11 bits per heavy atom.